The van der Waals surface area contributed by atoms with E-state index in [2.05, 4.69) is 34.9 Å². The minimum atomic E-state index is -1.16. The number of amides is 2. The number of nitrogens with one attached hydrogen (secondary N) is 2. The van der Waals surface area contributed by atoms with Crippen LogP contribution in [0.2, 0.25) is 0 Å². The van der Waals surface area contributed by atoms with E-state index >= 15 is 0 Å². The monoisotopic (exact) mass is 474 g/mol. The summed E-state index contributed by atoms with van der Waals surface area (Å²) in [4.78, 5) is 37.6. The summed E-state index contributed by atoms with van der Waals surface area (Å²) < 4.78 is 5.59. The number of hydrogen-bond acceptors (Lipinski definition) is 4. The second-order valence-corrected chi connectivity index (χ2v) is 11.0. The summed E-state index contributed by atoms with van der Waals surface area (Å²) in [5.41, 5.74) is 2.83. The normalized spacial score (nSPS) is 21.6. The van der Waals surface area contributed by atoms with Crippen molar-refractivity contribution in [2.75, 3.05) is 13.2 Å². The van der Waals surface area contributed by atoms with Crippen molar-refractivity contribution in [3.05, 3.63) is 59.7 Å². The van der Waals surface area contributed by atoms with Gasteiger partial charge in [-0.05, 0) is 66.2 Å². The lowest BCUT2D eigenvalue weighted by molar-refractivity contribution is -0.166. The maximum absolute atomic E-state index is 13.0. The Morgan fingerprint density at radius 3 is 2.03 bits per heavy atom. The summed E-state index contributed by atoms with van der Waals surface area (Å²) in [5, 5.41) is 15.4. The van der Waals surface area contributed by atoms with Gasteiger partial charge in [-0.1, -0.05) is 55.0 Å². The fourth-order valence-electron chi connectivity index (χ4n) is 6.43. The van der Waals surface area contributed by atoms with Crippen LogP contribution in [0.5, 0.6) is 0 Å². The molecular formula is C28H30N2O5. The van der Waals surface area contributed by atoms with E-state index in [-0.39, 0.29) is 30.4 Å². The van der Waals surface area contributed by atoms with Crippen LogP contribution in [0.25, 0.3) is 11.1 Å². The van der Waals surface area contributed by atoms with Crippen LogP contribution in [0.3, 0.4) is 0 Å². The van der Waals surface area contributed by atoms with Crippen molar-refractivity contribution in [3.63, 3.8) is 0 Å². The van der Waals surface area contributed by atoms with E-state index in [9.17, 15) is 19.5 Å². The lowest BCUT2D eigenvalue weighted by atomic mass is 9.48. The standard InChI is InChI=1S/C28H30N2O5/c31-23(30-28(24(32)33)15-26(16-28)10-5-11-26)27(12-13-27)17-29-25(34)35-14-22-20-8-3-1-6-18(20)19-7-2-4-9-21(19)22/h1-4,6-9,22H,5,10-17H2,(H,29,34)(H,30,31)(H,32,33). The van der Waals surface area contributed by atoms with Gasteiger partial charge in [-0.2, -0.15) is 0 Å². The molecule has 3 fully saturated rings. The third-order valence-electron chi connectivity index (χ3n) is 8.78. The van der Waals surface area contributed by atoms with Gasteiger partial charge < -0.3 is 20.5 Å². The Morgan fingerprint density at radius 2 is 1.51 bits per heavy atom. The van der Waals surface area contributed by atoms with Crippen molar-refractivity contribution in [2.45, 2.75) is 56.4 Å². The molecule has 0 radical (unpaired) electrons. The number of carbonyl (C=O) groups is 3. The van der Waals surface area contributed by atoms with E-state index < -0.39 is 23.0 Å². The molecule has 35 heavy (non-hydrogen) atoms. The highest BCUT2D eigenvalue weighted by atomic mass is 16.5. The van der Waals surface area contributed by atoms with Crippen LogP contribution >= 0.6 is 0 Å². The Labute approximate surface area is 204 Å². The van der Waals surface area contributed by atoms with Crippen LogP contribution in [0, 0.1) is 10.8 Å². The minimum Gasteiger partial charge on any atom is -0.480 e. The predicted octanol–water partition coefficient (Wildman–Crippen LogP) is 4.21. The SMILES string of the molecule is O=C(NCC1(C(=O)NC2(C(=O)O)CC3(CCC3)C2)CC1)OCC1c2ccccc2-c2ccccc21. The molecule has 4 aliphatic rings. The highest BCUT2D eigenvalue weighted by Crippen LogP contribution is 2.61. The molecule has 6 rings (SSSR count). The summed E-state index contributed by atoms with van der Waals surface area (Å²) in [6, 6.07) is 16.3. The molecule has 7 heteroatoms. The second-order valence-electron chi connectivity index (χ2n) is 11.0. The number of carboxylic acid groups (broad SMARTS) is 1. The molecule has 1 spiro atoms. The summed E-state index contributed by atoms with van der Waals surface area (Å²) in [6.07, 6.45) is 4.95. The van der Waals surface area contributed by atoms with Crippen molar-refractivity contribution < 1.29 is 24.2 Å². The molecule has 2 amide bonds. The Balaban J connectivity index is 1.05. The van der Waals surface area contributed by atoms with Crippen LogP contribution in [0.4, 0.5) is 4.79 Å². The zero-order valence-corrected chi connectivity index (χ0v) is 19.6. The smallest absolute Gasteiger partial charge is 0.407 e. The molecule has 0 heterocycles. The van der Waals surface area contributed by atoms with Crippen molar-refractivity contribution >= 4 is 18.0 Å². The molecule has 0 saturated heterocycles. The highest BCUT2D eigenvalue weighted by Gasteiger charge is 2.63. The van der Waals surface area contributed by atoms with Crippen LogP contribution in [0.1, 0.15) is 62.0 Å². The first-order chi connectivity index (χ1) is 16.9. The number of fused-ring (bicyclic) bond motifs is 3. The average Bonchev–Trinajstić information content (AvgIpc) is 3.54. The van der Waals surface area contributed by atoms with Gasteiger partial charge in [0.1, 0.15) is 12.1 Å². The van der Waals surface area contributed by atoms with E-state index in [0.29, 0.717) is 25.7 Å². The average molecular weight is 475 g/mol. The van der Waals surface area contributed by atoms with Gasteiger partial charge in [-0.15, -0.1) is 0 Å². The topological polar surface area (TPSA) is 105 Å². The van der Waals surface area contributed by atoms with Gasteiger partial charge in [0.05, 0.1) is 5.41 Å². The van der Waals surface area contributed by atoms with Crippen molar-refractivity contribution in [1.29, 1.82) is 0 Å². The Hall–Kier alpha value is -3.35. The zero-order valence-electron chi connectivity index (χ0n) is 19.6. The van der Waals surface area contributed by atoms with E-state index in [1.54, 1.807) is 0 Å². The number of carboxylic acids is 1. The summed E-state index contributed by atoms with van der Waals surface area (Å²) >= 11 is 0. The molecular weight excluding hydrogens is 444 g/mol. The largest absolute Gasteiger partial charge is 0.480 e. The van der Waals surface area contributed by atoms with Gasteiger partial charge in [0, 0.05) is 12.5 Å². The minimum absolute atomic E-state index is 0.0285. The number of carbonyl (C=O) groups excluding carboxylic acids is 2. The summed E-state index contributed by atoms with van der Waals surface area (Å²) in [5.74, 6) is -1.25. The molecule has 2 aromatic rings. The van der Waals surface area contributed by atoms with Gasteiger partial charge in [0.15, 0.2) is 0 Å². The van der Waals surface area contributed by atoms with Crippen LogP contribution in [-0.4, -0.2) is 41.8 Å². The van der Waals surface area contributed by atoms with E-state index in [4.69, 9.17) is 4.74 Å². The third kappa shape index (κ3) is 3.60. The van der Waals surface area contributed by atoms with E-state index in [1.807, 2.05) is 24.3 Å². The van der Waals surface area contributed by atoms with Crippen LogP contribution in [0.15, 0.2) is 48.5 Å². The molecule has 4 aliphatic carbocycles. The number of ether oxygens (including phenoxy) is 1. The molecule has 0 bridgehead atoms. The lowest BCUT2D eigenvalue weighted by Crippen LogP contribution is -2.69. The number of hydrogen-bond donors (Lipinski definition) is 3. The molecule has 3 saturated carbocycles. The van der Waals surface area contributed by atoms with Crippen LogP contribution in [-0.2, 0) is 14.3 Å². The van der Waals surface area contributed by atoms with Gasteiger partial charge >= 0.3 is 12.1 Å². The van der Waals surface area contributed by atoms with Crippen molar-refractivity contribution in [2.24, 2.45) is 10.8 Å². The van der Waals surface area contributed by atoms with E-state index in [1.165, 1.54) is 0 Å². The first kappa shape index (κ1) is 22.1. The predicted molar refractivity (Wildman–Crippen MR) is 129 cm³/mol. The Kier molecular flexibility index (Phi) is 4.95. The van der Waals surface area contributed by atoms with Gasteiger partial charge in [-0.25, -0.2) is 9.59 Å². The van der Waals surface area contributed by atoms with Crippen LogP contribution < -0.4 is 10.6 Å². The molecule has 0 unspecified atom stereocenters. The van der Waals surface area contributed by atoms with E-state index in [0.717, 1.165) is 41.5 Å². The quantitative estimate of drug-likeness (QED) is 0.558. The summed E-state index contributed by atoms with van der Waals surface area (Å²) in [6.45, 7) is 0.361. The number of rotatable bonds is 7. The van der Waals surface area contributed by atoms with Gasteiger partial charge in [-0.3, -0.25) is 4.79 Å². The number of aliphatic carboxylic acids is 1. The Bertz CT molecular complexity index is 1160. The first-order valence-electron chi connectivity index (χ1n) is 12.5. The van der Waals surface area contributed by atoms with Crippen molar-refractivity contribution in [3.8, 4) is 11.1 Å². The molecule has 0 atom stereocenters. The maximum Gasteiger partial charge on any atom is 0.407 e. The van der Waals surface area contributed by atoms with Gasteiger partial charge in [0.2, 0.25) is 5.91 Å². The number of benzene rings is 2. The molecule has 7 nitrogen and oxygen atoms in total. The molecule has 2 aromatic carbocycles. The fourth-order valence-corrected chi connectivity index (χ4v) is 6.43. The molecule has 3 N–H and O–H groups in total. The molecule has 0 aliphatic heterocycles. The Morgan fingerprint density at radius 1 is 0.914 bits per heavy atom. The number of alkyl carbamates (subject to hydrolysis) is 1. The molecule has 182 valence electrons. The molecule has 0 aromatic heterocycles. The highest BCUT2D eigenvalue weighted by molar-refractivity contribution is 5.93. The maximum atomic E-state index is 13.0. The zero-order chi connectivity index (χ0) is 24.3. The summed E-state index contributed by atoms with van der Waals surface area (Å²) in [7, 11) is 0. The third-order valence-corrected chi connectivity index (χ3v) is 8.78. The van der Waals surface area contributed by atoms with Crippen molar-refractivity contribution in [1.82, 2.24) is 10.6 Å². The second kappa shape index (κ2) is 7.83. The van der Waals surface area contributed by atoms with Gasteiger partial charge in [0.25, 0.3) is 0 Å². The fraction of sp³-hybridized carbons (Fsp3) is 0.464. The lowest BCUT2D eigenvalue weighted by Gasteiger charge is -2.59. The first-order valence-corrected chi connectivity index (χ1v) is 12.5.